The number of aryl methyl sites for hydroxylation is 1. The first-order valence-corrected chi connectivity index (χ1v) is 8.77. The van der Waals surface area contributed by atoms with Gasteiger partial charge >= 0.3 is 0 Å². The van der Waals surface area contributed by atoms with Gasteiger partial charge in [0, 0.05) is 18.3 Å². The molecule has 148 valence electrons. The molecule has 0 saturated heterocycles. The van der Waals surface area contributed by atoms with Crippen molar-refractivity contribution in [3.63, 3.8) is 0 Å². The van der Waals surface area contributed by atoms with Crippen LogP contribution in [-0.4, -0.2) is 22.5 Å². The Kier molecular flexibility index (Phi) is 5.73. The first-order valence-electron chi connectivity index (χ1n) is 8.77. The Balaban J connectivity index is 1.84. The van der Waals surface area contributed by atoms with Gasteiger partial charge < -0.3 is 14.6 Å². The zero-order valence-electron chi connectivity index (χ0n) is 15.9. The molecule has 1 heterocycles. The lowest BCUT2D eigenvalue weighted by atomic mass is 10.1. The molecule has 8 nitrogen and oxygen atoms in total. The van der Waals surface area contributed by atoms with E-state index in [1.807, 2.05) is 12.1 Å². The molecule has 2 aromatic carbocycles. The van der Waals surface area contributed by atoms with Crippen LogP contribution in [0.3, 0.4) is 0 Å². The number of nitrogens with zero attached hydrogens (tertiary/aromatic N) is 2. The predicted octanol–water partition coefficient (Wildman–Crippen LogP) is 3.37. The van der Waals surface area contributed by atoms with Crippen molar-refractivity contribution in [1.29, 1.82) is 0 Å². The van der Waals surface area contributed by atoms with E-state index < -0.39 is 10.8 Å². The summed E-state index contributed by atoms with van der Waals surface area (Å²) in [6.45, 7) is 2.00. The molecule has 0 unspecified atom stereocenters. The maximum Gasteiger partial charge on any atom is 0.293 e. The van der Waals surface area contributed by atoms with Crippen LogP contribution in [0.1, 0.15) is 21.5 Å². The number of amides is 1. The second-order valence-electron chi connectivity index (χ2n) is 6.46. The van der Waals surface area contributed by atoms with Crippen LogP contribution in [0.5, 0.6) is 5.75 Å². The van der Waals surface area contributed by atoms with Gasteiger partial charge in [-0.3, -0.25) is 19.7 Å². The highest BCUT2D eigenvalue weighted by molar-refractivity contribution is 6.05. The number of anilines is 1. The Hall–Kier alpha value is -3.94. The first-order chi connectivity index (χ1) is 13.9. The fourth-order valence-electron chi connectivity index (χ4n) is 2.81. The summed E-state index contributed by atoms with van der Waals surface area (Å²) >= 11 is 0. The average Bonchev–Trinajstić information content (AvgIpc) is 2.71. The van der Waals surface area contributed by atoms with E-state index in [1.54, 1.807) is 32.2 Å². The molecule has 1 N–H and O–H groups in total. The number of nitrogens with one attached hydrogen (secondary N) is 1. The number of rotatable bonds is 6. The molecule has 0 aliphatic rings. The third kappa shape index (κ3) is 4.67. The molecule has 8 heteroatoms. The topological polar surface area (TPSA) is 103 Å². The first kappa shape index (κ1) is 19.8. The van der Waals surface area contributed by atoms with Crippen LogP contribution in [-0.2, 0) is 6.54 Å². The van der Waals surface area contributed by atoms with Crippen molar-refractivity contribution in [2.45, 2.75) is 13.5 Å². The van der Waals surface area contributed by atoms with Crippen molar-refractivity contribution in [2.24, 2.45) is 0 Å². The maximum atomic E-state index is 12.6. The molecule has 0 bridgehead atoms. The largest absolute Gasteiger partial charge is 0.497 e. The van der Waals surface area contributed by atoms with Crippen molar-refractivity contribution >= 4 is 17.3 Å². The minimum absolute atomic E-state index is 0.0958. The highest BCUT2D eigenvalue weighted by Gasteiger charge is 2.17. The molecule has 1 aromatic heterocycles. The average molecular weight is 393 g/mol. The molecule has 0 aliphatic carbocycles. The smallest absolute Gasteiger partial charge is 0.293 e. The molecule has 3 aromatic rings. The quantitative estimate of drug-likeness (QED) is 0.511. The Morgan fingerprint density at radius 3 is 2.52 bits per heavy atom. The Labute approximate surface area is 166 Å². The van der Waals surface area contributed by atoms with Gasteiger partial charge in [0.25, 0.3) is 17.2 Å². The third-order valence-electron chi connectivity index (χ3n) is 4.36. The van der Waals surface area contributed by atoms with E-state index in [9.17, 15) is 19.7 Å². The molecular formula is C21H19N3O5. The van der Waals surface area contributed by atoms with E-state index in [4.69, 9.17) is 4.74 Å². The number of hydrogen-bond donors (Lipinski definition) is 1. The number of carbonyl (C=O) groups is 1. The second-order valence-corrected chi connectivity index (χ2v) is 6.46. The summed E-state index contributed by atoms with van der Waals surface area (Å²) in [4.78, 5) is 35.5. The van der Waals surface area contributed by atoms with Gasteiger partial charge in [-0.15, -0.1) is 0 Å². The summed E-state index contributed by atoms with van der Waals surface area (Å²) in [5.74, 6) is 0.161. The van der Waals surface area contributed by atoms with E-state index in [2.05, 4.69) is 5.32 Å². The maximum absolute atomic E-state index is 12.6. The fraction of sp³-hybridized carbons (Fsp3) is 0.143. The number of hydrogen-bond acceptors (Lipinski definition) is 5. The van der Waals surface area contributed by atoms with E-state index in [0.717, 1.165) is 5.56 Å². The van der Waals surface area contributed by atoms with Gasteiger partial charge in [0.05, 0.1) is 24.1 Å². The van der Waals surface area contributed by atoms with Crippen LogP contribution in [0.2, 0.25) is 0 Å². The summed E-state index contributed by atoms with van der Waals surface area (Å²) in [5, 5.41) is 13.8. The van der Waals surface area contributed by atoms with Crippen LogP contribution in [0, 0.1) is 17.0 Å². The zero-order chi connectivity index (χ0) is 21.0. The predicted molar refractivity (Wildman–Crippen MR) is 109 cm³/mol. The minimum atomic E-state index is -0.548. The van der Waals surface area contributed by atoms with Gasteiger partial charge in [0.2, 0.25) is 0 Å². The van der Waals surface area contributed by atoms with Gasteiger partial charge in [-0.05, 0) is 42.3 Å². The molecule has 0 fully saturated rings. The Bertz CT molecular complexity index is 1120. The van der Waals surface area contributed by atoms with Gasteiger partial charge in [-0.25, -0.2) is 0 Å². The van der Waals surface area contributed by atoms with Crippen LogP contribution in [0.25, 0.3) is 0 Å². The Morgan fingerprint density at radius 2 is 1.86 bits per heavy atom. The number of carbonyl (C=O) groups excluding carboxylic acids is 1. The van der Waals surface area contributed by atoms with E-state index in [0.29, 0.717) is 11.3 Å². The molecule has 0 saturated carbocycles. The van der Waals surface area contributed by atoms with Crippen LogP contribution in [0.15, 0.2) is 65.6 Å². The molecule has 0 aliphatic heterocycles. The number of nitro groups is 1. The molecular weight excluding hydrogens is 374 g/mol. The number of benzene rings is 2. The van der Waals surface area contributed by atoms with Crippen molar-refractivity contribution in [2.75, 3.05) is 12.4 Å². The highest BCUT2D eigenvalue weighted by atomic mass is 16.6. The highest BCUT2D eigenvalue weighted by Crippen LogP contribution is 2.25. The van der Waals surface area contributed by atoms with Crippen LogP contribution >= 0.6 is 0 Å². The van der Waals surface area contributed by atoms with Gasteiger partial charge in [0.1, 0.15) is 11.4 Å². The van der Waals surface area contributed by atoms with Gasteiger partial charge in [-0.1, -0.05) is 18.2 Å². The van der Waals surface area contributed by atoms with E-state index in [-0.39, 0.29) is 29.0 Å². The van der Waals surface area contributed by atoms with Gasteiger partial charge in [-0.2, -0.15) is 0 Å². The van der Waals surface area contributed by atoms with Crippen molar-refractivity contribution < 1.29 is 14.5 Å². The normalized spacial score (nSPS) is 10.4. The molecule has 3 rings (SSSR count). The Morgan fingerprint density at radius 1 is 1.14 bits per heavy atom. The van der Waals surface area contributed by atoms with Gasteiger partial charge in [0.15, 0.2) is 0 Å². The molecule has 0 atom stereocenters. The molecule has 29 heavy (non-hydrogen) atoms. The lowest BCUT2D eigenvalue weighted by molar-refractivity contribution is -0.384. The SMILES string of the molecule is COc1ccc(Cn2cc(C(=O)Nc3ccc(C)cc3[N+](=O)[O-])ccc2=O)cc1. The van der Waals surface area contributed by atoms with Crippen LogP contribution in [0.4, 0.5) is 11.4 Å². The summed E-state index contributed by atoms with van der Waals surface area (Å²) in [5.41, 5.74) is 1.43. The zero-order valence-corrected chi connectivity index (χ0v) is 15.9. The van der Waals surface area contributed by atoms with Crippen molar-refractivity contribution in [3.05, 3.63) is 98.0 Å². The van der Waals surface area contributed by atoms with Crippen molar-refractivity contribution in [3.8, 4) is 5.75 Å². The monoisotopic (exact) mass is 393 g/mol. The molecule has 0 spiro atoms. The standard InChI is InChI=1S/C21H19N3O5/c1-14-3-9-18(19(11-14)24(27)28)22-21(26)16-6-10-20(25)23(13-16)12-15-4-7-17(29-2)8-5-15/h3-11,13H,12H2,1-2H3,(H,22,26). The number of aromatic nitrogens is 1. The van der Waals surface area contributed by atoms with E-state index in [1.165, 1.54) is 35.0 Å². The lowest BCUT2D eigenvalue weighted by Crippen LogP contribution is -2.22. The number of ether oxygens (including phenoxy) is 1. The summed E-state index contributed by atoms with van der Waals surface area (Å²) in [6, 6.07) is 14.5. The number of methoxy groups -OCH3 is 1. The van der Waals surface area contributed by atoms with Crippen LogP contribution < -0.4 is 15.6 Å². The summed E-state index contributed by atoms with van der Waals surface area (Å²) in [6.07, 6.45) is 1.43. The second kappa shape index (κ2) is 8.39. The summed E-state index contributed by atoms with van der Waals surface area (Å²) < 4.78 is 6.52. The van der Waals surface area contributed by atoms with E-state index >= 15 is 0 Å². The summed E-state index contributed by atoms with van der Waals surface area (Å²) in [7, 11) is 1.57. The number of nitro benzene ring substituents is 1. The lowest BCUT2D eigenvalue weighted by Gasteiger charge is -2.10. The minimum Gasteiger partial charge on any atom is -0.497 e. The fourth-order valence-corrected chi connectivity index (χ4v) is 2.81. The molecule has 0 radical (unpaired) electrons. The third-order valence-corrected chi connectivity index (χ3v) is 4.36. The molecule has 1 amide bonds. The number of pyridine rings is 1. The van der Waals surface area contributed by atoms with Crippen molar-refractivity contribution in [1.82, 2.24) is 4.57 Å².